The third kappa shape index (κ3) is 4.47. The molecule has 16 heavy (non-hydrogen) atoms. The molecule has 2 N–H and O–H groups in total. The number of rotatable bonds is 7. The minimum Gasteiger partial charge on any atom is -0.381 e. The highest BCUT2D eigenvalue weighted by atomic mass is 16.1. The zero-order valence-corrected chi connectivity index (χ0v) is 10.1. The van der Waals surface area contributed by atoms with Gasteiger partial charge in [-0.15, -0.1) is 0 Å². The first-order valence-corrected chi connectivity index (χ1v) is 6.07. The van der Waals surface area contributed by atoms with Gasteiger partial charge in [0.1, 0.15) is 0 Å². The number of hydrogen-bond donors (Lipinski definition) is 2. The van der Waals surface area contributed by atoms with Crippen LogP contribution in [0.4, 0.5) is 5.69 Å². The highest BCUT2D eigenvalue weighted by molar-refractivity contribution is 5.39. The first-order chi connectivity index (χ1) is 7.76. The maximum absolute atomic E-state index is 11.1. The predicted octanol–water partition coefficient (Wildman–Crippen LogP) is 2.54. The summed E-state index contributed by atoms with van der Waals surface area (Å²) in [6, 6.07) is 2.01. The Morgan fingerprint density at radius 3 is 2.81 bits per heavy atom. The Balaban J connectivity index is 2.56. The molecule has 90 valence electrons. The number of nitrogens with zero attached hydrogens (tertiary/aromatic N) is 1. The average molecular weight is 223 g/mol. The van der Waals surface area contributed by atoms with Crippen molar-refractivity contribution in [1.29, 1.82) is 0 Å². The van der Waals surface area contributed by atoms with Crippen molar-refractivity contribution in [3.05, 3.63) is 22.6 Å². The van der Waals surface area contributed by atoms with Crippen LogP contribution in [0.3, 0.4) is 0 Å². The molecule has 0 fully saturated rings. The van der Waals surface area contributed by atoms with Gasteiger partial charge >= 0.3 is 0 Å². The molecule has 1 atom stereocenters. The van der Waals surface area contributed by atoms with E-state index in [1.54, 1.807) is 12.3 Å². The van der Waals surface area contributed by atoms with Gasteiger partial charge in [-0.25, -0.2) is 5.10 Å². The molecular formula is C12H21N3O. The predicted molar refractivity (Wildman–Crippen MR) is 66.7 cm³/mol. The molecule has 0 radical (unpaired) electrons. The van der Waals surface area contributed by atoms with Crippen molar-refractivity contribution >= 4 is 5.69 Å². The quantitative estimate of drug-likeness (QED) is 0.746. The number of aromatic amines is 1. The molecule has 1 aromatic rings. The summed E-state index contributed by atoms with van der Waals surface area (Å²) in [5.41, 5.74) is 0.661. The van der Waals surface area contributed by atoms with Crippen molar-refractivity contribution in [2.45, 2.75) is 52.0 Å². The van der Waals surface area contributed by atoms with E-state index < -0.39 is 0 Å². The van der Waals surface area contributed by atoms with Gasteiger partial charge in [0.2, 0.25) is 0 Å². The minimum absolute atomic E-state index is 0.157. The van der Waals surface area contributed by atoms with Crippen LogP contribution in [-0.4, -0.2) is 16.2 Å². The summed E-state index contributed by atoms with van der Waals surface area (Å²) in [5.74, 6) is 0. The van der Waals surface area contributed by atoms with Crippen molar-refractivity contribution in [2.75, 3.05) is 5.32 Å². The number of unbranched alkanes of at least 4 members (excludes halogenated alkanes) is 1. The Morgan fingerprint density at radius 1 is 1.38 bits per heavy atom. The lowest BCUT2D eigenvalue weighted by molar-refractivity contribution is 0.564. The zero-order valence-electron chi connectivity index (χ0n) is 10.1. The Kier molecular flexibility index (Phi) is 5.61. The van der Waals surface area contributed by atoms with Crippen molar-refractivity contribution < 1.29 is 0 Å². The summed E-state index contributed by atoms with van der Waals surface area (Å²) < 4.78 is 0. The molecule has 1 rings (SSSR count). The topological polar surface area (TPSA) is 57.8 Å². The van der Waals surface area contributed by atoms with Crippen LogP contribution in [0.15, 0.2) is 17.1 Å². The summed E-state index contributed by atoms with van der Waals surface area (Å²) in [7, 11) is 0. The molecule has 1 heterocycles. The molecule has 0 aliphatic heterocycles. The van der Waals surface area contributed by atoms with E-state index >= 15 is 0 Å². The lowest BCUT2D eigenvalue weighted by atomic mass is 10.1. The summed E-state index contributed by atoms with van der Waals surface area (Å²) in [5, 5.41) is 9.53. The van der Waals surface area contributed by atoms with E-state index in [0.717, 1.165) is 24.9 Å². The fourth-order valence-corrected chi connectivity index (χ4v) is 1.78. The second-order valence-electron chi connectivity index (χ2n) is 4.11. The molecule has 0 aromatic carbocycles. The van der Waals surface area contributed by atoms with Gasteiger partial charge in [0.15, 0.2) is 0 Å². The first-order valence-electron chi connectivity index (χ1n) is 6.07. The number of hydrogen-bond acceptors (Lipinski definition) is 3. The molecule has 0 saturated carbocycles. The first kappa shape index (κ1) is 12.7. The van der Waals surface area contributed by atoms with E-state index in [1.165, 1.54) is 12.8 Å². The lowest BCUT2D eigenvalue weighted by Crippen LogP contribution is -2.20. The van der Waals surface area contributed by atoms with Gasteiger partial charge in [0, 0.05) is 12.1 Å². The van der Waals surface area contributed by atoms with E-state index in [4.69, 9.17) is 0 Å². The normalized spacial score (nSPS) is 12.4. The number of H-pyrrole nitrogens is 1. The fraction of sp³-hybridized carbons (Fsp3) is 0.667. The Labute approximate surface area is 96.5 Å². The van der Waals surface area contributed by atoms with Crippen LogP contribution >= 0.6 is 0 Å². The molecule has 0 bridgehead atoms. The summed E-state index contributed by atoms with van der Waals surface area (Å²) in [6.45, 7) is 4.37. The van der Waals surface area contributed by atoms with Crippen LogP contribution < -0.4 is 10.9 Å². The van der Waals surface area contributed by atoms with Crippen molar-refractivity contribution in [1.82, 2.24) is 10.2 Å². The van der Waals surface area contributed by atoms with Gasteiger partial charge in [0.05, 0.1) is 11.9 Å². The maximum Gasteiger partial charge on any atom is 0.266 e. The SMILES string of the molecule is CCCCC(CCC)Nc1cn[nH]c(=O)c1. The molecule has 1 unspecified atom stereocenters. The second kappa shape index (κ2) is 7.04. The molecule has 1 aromatic heterocycles. The third-order valence-electron chi connectivity index (χ3n) is 2.58. The van der Waals surface area contributed by atoms with Gasteiger partial charge in [-0.1, -0.05) is 33.1 Å². The molecule has 4 nitrogen and oxygen atoms in total. The second-order valence-corrected chi connectivity index (χ2v) is 4.11. The Hall–Kier alpha value is -1.32. The van der Waals surface area contributed by atoms with Gasteiger partial charge in [0.25, 0.3) is 5.56 Å². The molecule has 0 aliphatic rings. The summed E-state index contributed by atoms with van der Waals surface area (Å²) >= 11 is 0. The van der Waals surface area contributed by atoms with E-state index in [0.29, 0.717) is 6.04 Å². The monoisotopic (exact) mass is 223 g/mol. The van der Waals surface area contributed by atoms with Crippen LogP contribution in [0.1, 0.15) is 46.0 Å². The summed E-state index contributed by atoms with van der Waals surface area (Å²) in [4.78, 5) is 11.1. The van der Waals surface area contributed by atoms with Crippen molar-refractivity contribution in [3.63, 3.8) is 0 Å². The van der Waals surface area contributed by atoms with Gasteiger partial charge < -0.3 is 5.32 Å². The van der Waals surface area contributed by atoms with E-state index in [1.807, 2.05) is 0 Å². The third-order valence-corrected chi connectivity index (χ3v) is 2.58. The standard InChI is InChI=1S/C12H21N3O/c1-3-5-7-10(6-4-2)14-11-8-12(16)15-13-9-11/h8-10H,3-7H2,1-2H3,(H2,14,15,16). The number of nitrogens with one attached hydrogen (secondary N) is 2. The lowest BCUT2D eigenvalue weighted by Gasteiger charge is -2.18. The largest absolute Gasteiger partial charge is 0.381 e. The molecule has 0 amide bonds. The van der Waals surface area contributed by atoms with E-state index in [2.05, 4.69) is 29.4 Å². The van der Waals surface area contributed by atoms with Gasteiger partial charge in [-0.3, -0.25) is 4.79 Å². The molecule has 0 aliphatic carbocycles. The Bertz CT molecular complexity index is 348. The Morgan fingerprint density at radius 2 is 2.19 bits per heavy atom. The van der Waals surface area contributed by atoms with Crippen LogP contribution in [0.5, 0.6) is 0 Å². The van der Waals surface area contributed by atoms with Crippen LogP contribution in [0.2, 0.25) is 0 Å². The molecule has 4 heteroatoms. The molecule has 0 spiro atoms. The number of anilines is 1. The van der Waals surface area contributed by atoms with Crippen molar-refractivity contribution in [3.8, 4) is 0 Å². The highest BCUT2D eigenvalue weighted by Crippen LogP contribution is 2.12. The highest BCUT2D eigenvalue weighted by Gasteiger charge is 2.07. The van der Waals surface area contributed by atoms with Gasteiger partial charge in [-0.05, 0) is 12.8 Å². The van der Waals surface area contributed by atoms with Crippen LogP contribution in [0.25, 0.3) is 0 Å². The van der Waals surface area contributed by atoms with Gasteiger partial charge in [-0.2, -0.15) is 5.10 Å². The fourth-order valence-electron chi connectivity index (χ4n) is 1.78. The minimum atomic E-state index is -0.157. The number of aromatic nitrogens is 2. The zero-order chi connectivity index (χ0) is 11.8. The van der Waals surface area contributed by atoms with Crippen LogP contribution in [0, 0.1) is 0 Å². The van der Waals surface area contributed by atoms with E-state index in [9.17, 15) is 4.79 Å². The molecule has 0 saturated heterocycles. The van der Waals surface area contributed by atoms with Crippen LogP contribution in [-0.2, 0) is 0 Å². The summed E-state index contributed by atoms with van der Waals surface area (Å²) in [6.07, 6.45) is 7.52. The van der Waals surface area contributed by atoms with E-state index in [-0.39, 0.29) is 5.56 Å². The molecular weight excluding hydrogens is 202 g/mol. The average Bonchev–Trinajstić information content (AvgIpc) is 2.26. The maximum atomic E-state index is 11.1. The smallest absolute Gasteiger partial charge is 0.266 e. The van der Waals surface area contributed by atoms with Crippen molar-refractivity contribution in [2.24, 2.45) is 0 Å².